The number of nitrogens with one attached hydrogen (secondary N) is 2. The Kier molecular flexibility index (Phi) is 4.02. The predicted octanol–water partition coefficient (Wildman–Crippen LogP) is 4.24. The summed E-state index contributed by atoms with van der Waals surface area (Å²) in [6.07, 6.45) is 1.53. The number of aryl methyl sites for hydroxylation is 1. The largest absolute Gasteiger partial charge is 0.459 e. The number of furan rings is 1. The van der Waals surface area contributed by atoms with Crippen LogP contribution in [-0.4, -0.2) is 19.7 Å². The third kappa shape index (κ3) is 2.94. The molecule has 0 spiro atoms. The molecule has 4 aromatic rings. The summed E-state index contributed by atoms with van der Waals surface area (Å²) in [7, 11) is 0. The van der Waals surface area contributed by atoms with Gasteiger partial charge in [-0.25, -0.2) is 9.07 Å². The molecule has 8 heteroatoms. The van der Waals surface area contributed by atoms with Crippen molar-refractivity contribution < 1.29 is 8.81 Å². The second-order valence-electron chi connectivity index (χ2n) is 7.98. The molecule has 1 unspecified atom stereocenters. The van der Waals surface area contributed by atoms with E-state index in [0.717, 1.165) is 10.9 Å². The van der Waals surface area contributed by atoms with Crippen LogP contribution >= 0.6 is 0 Å². The molecule has 0 saturated carbocycles. The van der Waals surface area contributed by atoms with Crippen LogP contribution in [0.3, 0.4) is 0 Å². The molecule has 0 radical (unpaired) electrons. The van der Waals surface area contributed by atoms with Gasteiger partial charge in [0.2, 0.25) is 5.95 Å². The number of anilines is 1. The van der Waals surface area contributed by atoms with Crippen LogP contribution < -0.4 is 10.9 Å². The van der Waals surface area contributed by atoms with Gasteiger partial charge in [0.25, 0.3) is 5.56 Å². The maximum Gasteiger partial charge on any atom is 0.263 e. The Morgan fingerprint density at radius 2 is 2.04 bits per heavy atom. The van der Waals surface area contributed by atoms with Crippen LogP contribution in [-0.2, 0) is 5.54 Å². The fraction of sp³-hybridized carbons (Fsp3) is 0.350. The molecule has 0 amide bonds. The molecular formula is C20H22FN5O2. The zero-order valence-corrected chi connectivity index (χ0v) is 16.4. The second-order valence-corrected chi connectivity index (χ2v) is 7.98. The third-order valence-electron chi connectivity index (χ3n) is 4.76. The van der Waals surface area contributed by atoms with Gasteiger partial charge in [0.05, 0.1) is 17.8 Å². The number of nitrogens with zero attached hydrogens (tertiary/aromatic N) is 3. The Hall–Kier alpha value is -3.16. The zero-order valence-electron chi connectivity index (χ0n) is 16.4. The molecule has 1 aromatic carbocycles. The average molecular weight is 383 g/mol. The number of aromatic amines is 1. The first kappa shape index (κ1) is 18.2. The normalized spacial score (nSPS) is 13.4. The van der Waals surface area contributed by atoms with Crippen LogP contribution in [0.1, 0.15) is 45.1 Å². The number of halogens is 1. The maximum atomic E-state index is 13.6. The lowest BCUT2D eigenvalue weighted by molar-refractivity contribution is 0.366. The molecule has 0 saturated heterocycles. The Labute approximate surface area is 160 Å². The van der Waals surface area contributed by atoms with Crippen molar-refractivity contribution in [2.24, 2.45) is 0 Å². The fourth-order valence-corrected chi connectivity index (χ4v) is 3.37. The molecule has 0 aliphatic heterocycles. The van der Waals surface area contributed by atoms with Crippen molar-refractivity contribution >= 4 is 28.0 Å². The van der Waals surface area contributed by atoms with E-state index in [0.29, 0.717) is 28.3 Å². The van der Waals surface area contributed by atoms with E-state index < -0.39 is 0 Å². The smallest absolute Gasteiger partial charge is 0.263 e. The summed E-state index contributed by atoms with van der Waals surface area (Å²) in [6.45, 7) is 9.76. The minimum Gasteiger partial charge on any atom is -0.459 e. The van der Waals surface area contributed by atoms with Gasteiger partial charge in [0.15, 0.2) is 5.65 Å². The molecule has 28 heavy (non-hydrogen) atoms. The van der Waals surface area contributed by atoms with Gasteiger partial charge in [-0.05, 0) is 52.8 Å². The number of benzene rings is 1. The lowest BCUT2D eigenvalue weighted by Crippen LogP contribution is -2.24. The fourth-order valence-electron chi connectivity index (χ4n) is 3.37. The Morgan fingerprint density at radius 3 is 2.75 bits per heavy atom. The van der Waals surface area contributed by atoms with E-state index in [4.69, 9.17) is 4.42 Å². The molecule has 1 atom stereocenters. The SMILES string of the molecule is Cc1c(C(C)Nc2nc3c(cnn3C(C)(C)C)c(=O)[nH]2)oc2ccc(F)cc12. The lowest BCUT2D eigenvalue weighted by Gasteiger charge is -2.20. The van der Waals surface area contributed by atoms with E-state index >= 15 is 0 Å². The van der Waals surface area contributed by atoms with E-state index in [1.165, 1.54) is 18.3 Å². The average Bonchev–Trinajstić information content (AvgIpc) is 3.17. The van der Waals surface area contributed by atoms with Gasteiger partial charge in [0.1, 0.15) is 22.5 Å². The molecule has 2 N–H and O–H groups in total. The molecule has 4 rings (SSSR count). The summed E-state index contributed by atoms with van der Waals surface area (Å²) in [5, 5.41) is 8.65. The van der Waals surface area contributed by atoms with Gasteiger partial charge in [0, 0.05) is 10.9 Å². The topological polar surface area (TPSA) is 88.7 Å². The molecule has 0 fully saturated rings. The van der Waals surface area contributed by atoms with Crippen LogP contribution in [0.5, 0.6) is 0 Å². The van der Waals surface area contributed by atoms with Crippen LogP contribution in [0, 0.1) is 12.7 Å². The van der Waals surface area contributed by atoms with Crippen molar-refractivity contribution in [3.05, 3.63) is 51.9 Å². The number of fused-ring (bicyclic) bond motifs is 2. The van der Waals surface area contributed by atoms with Crippen molar-refractivity contribution in [2.75, 3.05) is 5.32 Å². The first-order valence-electron chi connectivity index (χ1n) is 9.09. The van der Waals surface area contributed by atoms with Crippen LogP contribution in [0.2, 0.25) is 0 Å². The minimum absolute atomic E-state index is 0.265. The summed E-state index contributed by atoms with van der Waals surface area (Å²) in [5.41, 5.74) is 1.39. The Morgan fingerprint density at radius 1 is 1.29 bits per heavy atom. The zero-order chi connectivity index (χ0) is 20.2. The van der Waals surface area contributed by atoms with Crippen molar-refractivity contribution in [3.63, 3.8) is 0 Å². The van der Waals surface area contributed by atoms with Gasteiger partial charge in [-0.3, -0.25) is 9.78 Å². The minimum atomic E-state index is -0.315. The van der Waals surface area contributed by atoms with Gasteiger partial charge in [-0.1, -0.05) is 0 Å². The van der Waals surface area contributed by atoms with Gasteiger partial charge in [-0.15, -0.1) is 0 Å². The summed E-state index contributed by atoms with van der Waals surface area (Å²) in [4.78, 5) is 19.8. The number of hydrogen-bond donors (Lipinski definition) is 2. The quantitative estimate of drug-likeness (QED) is 0.552. The van der Waals surface area contributed by atoms with Gasteiger partial charge in [-0.2, -0.15) is 10.1 Å². The van der Waals surface area contributed by atoms with Gasteiger partial charge < -0.3 is 9.73 Å². The number of hydrogen-bond acceptors (Lipinski definition) is 5. The molecule has 3 heterocycles. The summed E-state index contributed by atoms with van der Waals surface area (Å²) in [5.74, 6) is 0.671. The highest BCUT2D eigenvalue weighted by molar-refractivity contribution is 5.82. The van der Waals surface area contributed by atoms with E-state index in [2.05, 4.69) is 20.4 Å². The van der Waals surface area contributed by atoms with E-state index in [-0.39, 0.29) is 23.0 Å². The molecule has 0 aliphatic rings. The van der Waals surface area contributed by atoms with E-state index in [1.807, 2.05) is 34.6 Å². The van der Waals surface area contributed by atoms with Crippen molar-refractivity contribution in [3.8, 4) is 0 Å². The molecule has 146 valence electrons. The highest BCUT2D eigenvalue weighted by atomic mass is 19.1. The van der Waals surface area contributed by atoms with E-state index in [1.54, 1.807) is 10.7 Å². The lowest BCUT2D eigenvalue weighted by atomic mass is 10.1. The van der Waals surface area contributed by atoms with E-state index in [9.17, 15) is 9.18 Å². The van der Waals surface area contributed by atoms with Crippen LogP contribution in [0.4, 0.5) is 10.3 Å². The Balaban J connectivity index is 1.74. The molecule has 0 bridgehead atoms. The molecule has 7 nitrogen and oxygen atoms in total. The third-order valence-corrected chi connectivity index (χ3v) is 4.76. The highest BCUT2D eigenvalue weighted by Crippen LogP contribution is 2.31. The van der Waals surface area contributed by atoms with Crippen molar-refractivity contribution in [1.29, 1.82) is 0 Å². The first-order chi connectivity index (χ1) is 13.1. The van der Waals surface area contributed by atoms with Gasteiger partial charge >= 0.3 is 0 Å². The molecule has 0 aliphatic carbocycles. The highest BCUT2D eigenvalue weighted by Gasteiger charge is 2.22. The van der Waals surface area contributed by atoms with Crippen molar-refractivity contribution in [1.82, 2.24) is 19.7 Å². The first-order valence-corrected chi connectivity index (χ1v) is 9.09. The monoisotopic (exact) mass is 383 g/mol. The number of aromatic nitrogens is 4. The maximum absolute atomic E-state index is 13.6. The Bertz CT molecular complexity index is 1250. The van der Waals surface area contributed by atoms with Crippen LogP contribution in [0.15, 0.2) is 33.6 Å². The standard InChI is InChI=1S/C20H22FN5O2/c1-10-13-8-12(21)6-7-15(13)28-16(10)11(2)23-19-24-17-14(18(27)25-19)9-22-26(17)20(3,4)5/h6-9,11H,1-5H3,(H2,23,24,25,27). The van der Waals surface area contributed by atoms with Crippen LogP contribution in [0.25, 0.3) is 22.0 Å². The number of rotatable bonds is 3. The summed E-state index contributed by atoms with van der Waals surface area (Å²) >= 11 is 0. The molecule has 3 aromatic heterocycles. The summed E-state index contributed by atoms with van der Waals surface area (Å²) < 4.78 is 21.2. The predicted molar refractivity (Wildman–Crippen MR) is 106 cm³/mol. The summed E-state index contributed by atoms with van der Waals surface area (Å²) in [6, 6.07) is 4.15. The number of H-pyrrole nitrogens is 1. The second kappa shape index (κ2) is 6.19. The molecular weight excluding hydrogens is 361 g/mol. The van der Waals surface area contributed by atoms with Crippen molar-refractivity contribution in [2.45, 2.75) is 46.2 Å².